The summed E-state index contributed by atoms with van der Waals surface area (Å²) in [6.07, 6.45) is 1.70. The number of nitrogens with one attached hydrogen (secondary N) is 1. The van der Waals surface area contributed by atoms with E-state index >= 15 is 0 Å². The largest absolute Gasteiger partial charge is 0.383 e. The lowest BCUT2D eigenvalue weighted by molar-refractivity contribution is 0.691. The van der Waals surface area contributed by atoms with Crippen molar-refractivity contribution in [3.63, 3.8) is 0 Å². The van der Waals surface area contributed by atoms with Crippen molar-refractivity contribution in [2.75, 3.05) is 12.8 Å². The molecule has 1 heterocycles. The zero-order valence-electron chi connectivity index (χ0n) is 9.52. The molecule has 1 unspecified atom stereocenters. The highest BCUT2D eigenvalue weighted by Gasteiger charge is 2.14. The van der Waals surface area contributed by atoms with E-state index in [4.69, 9.17) is 5.73 Å². The molecule has 0 amide bonds. The molecule has 0 radical (unpaired) electrons. The number of benzene rings is 1. The summed E-state index contributed by atoms with van der Waals surface area (Å²) in [7, 11) is 1.91. The van der Waals surface area contributed by atoms with Gasteiger partial charge in [0.1, 0.15) is 5.82 Å². The third kappa shape index (κ3) is 2.65. The Morgan fingerprint density at radius 2 is 2.12 bits per heavy atom. The Kier molecular flexibility index (Phi) is 3.76. The average Bonchev–Trinajstić information content (AvgIpc) is 2.33. The van der Waals surface area contributed by atoms with Crippen molar-refractivity contribution in [3.05, 3.63) is 58.2 Å². The monoisotopic (exact) mass is 291 g/mol. The average molecular weight is 292 g/mol. The van der Waals surface area contributed by atoms with Crippen LogP contribution in [0, 0.1) is 0 Å². The van der Waals surface area contributed by atoms with E-state index < -0.39 is 0 Å². The standard InChI is InChI=1S/C13H14BrN3/c1-16-12(9-4-2-5-10(14)8-9)11-6-3-7-17-13(11)15/h2-8,12,16H,1H3,(H2,15,17). The van der Waals surface area contributed by atoms with Crippen LogP contribution in [0.25, 0.3) is 0 Å². The van der Waals surface area contributed by atoms with Crippen molar-refractivity contribution < 1.29 is 0 Å². The van der Waals surface area contributed by atoms with E-state index in [0.29, 0.717) is 5.82 Å². The van der Waals surface area contributed by atoms with Crippen LogP contribution in [0.3, 0.4) is 0 Å². The number of nitrogens with two attached hydrogens (primary N) is 1. The highest BCUT2D eigenvalue weighted by atomic mass is 79.9. The molecule has 0 saturated carbocycles. The van der Waals surface area contributed by atoms with Gasteiger partial charge in [0.05, 0.1) is 6.04 Å². The van der Waals surface area contributed by atoms with Gasteiger partial charge in [-0.05, 0) is 30.8 Å². The summed E-state index contributed by atoms with van der Waals surface area (Å²) >= 11 is 3.48. The summed E-state index contributed by atoms with van der Waals surface area (Å²) in [5.74, 6) is 0.562. The number of nitrogen functional groups attached to an aromatic ring is 1. The van der Waals surface area contributed by atoms with E-state index in [1.165, 1.54) is 0 Å². The second-order valence-electron chi connectivity index (χ2n) is 3.75. The van der Waals surface area contributed by atoms with Gasteiger partial charge in [-0.2, -0.15) is 0 Å². The molecule has 88 valence electrons. The summed E-state index contributed by atoms with van der Waals surface area (Å²) in [5, 5.41) is 3.26. The maximum atomic E-state index is 5.91. The first-order valence-electron chi connectivity index (χ1n) is 5.35. The number of aromatic nitrogens is 1. The summed E-state index contributed by atoms with van der Waals surface area (Å²) in [6.45, 7) is 0. The van der Waals surface area contributed by atoms with E-state index in [-0.39, 0.29) is 6.04 Å². The van der Waals surface area contributed by atoms with E-state index in [1.807, 2.05) is 31.3 Å². The van der Waals surface area contributed by atoms with E-state index in [2.05, 4.69) is 38.4 Å². The normalized spacial score (nSPS) is 12.4. The zero-order chi connectivity index (χ0) is 12.3. The Balaban J connectivity index is 2.44. The molecule has 3 N–H and O–H groups in total. The topological polar surface area (TPSA) is 50.9 Å². The fourth-order valence-corrected chi connectivity index (χ4v) is 2.28. The van der Waals surface area contributed by atoms with Crippen molar-refractivity contribution >= 4 is 21.7 Å². The van der Waals surface area contributed by atoms with Gasteiger partial charge >= 0.3 is 0 Å². The number of nitrogens with zero attached hydrogens (tertiary/aromatic N) is 1. The number of rotatable bonds is 3. The maximum Gasteiger partial charge on any atom is 0.128 e. The second kappa shape index (κ2) is 5.29. The van der Waals surface area contributed by atoms with Gasteiger partial charge in [0.25, 0.3) is 0 Å². The minimum Gasteiger partial charge on any atom is -0.383 e. The lowest BCUT2D eigenvalue weighted by Gasteiger charge is -2.18. The highest BCUT2D eigenvalue weighted by Crippen LogP contribution is 2.26. The molecule has 3 nitrogen and oxygen atoms in total. The minimum absolute atomic E-state index is 0.0567. The Bertz CT molecular complexity index is 514. The first kappa shape index (κ1) is 12.1. The van der Waals surface area contributed by atoms with Gasteiger partial charge in [0.15, 0.2) is 0 Å². The summed E-state index contributed by atoms with van der Waals surface area (Å²) in [4.78, 5) is 4.12. The highest BCUT2D eigenvalue weighted by molar-refractivity contribution is 9.10. The van der Waals surface area contributed by atoms with Crippen molar-refractivity contribution in [1.82, 2.24) is 10.3 Å². The first-order valence-corrected chi connectivity index (χ1v) is 6.15. The molecule has 4 heteroatoms. The van der Waals surface area contributed by atoms with Gasteiger partial charge in [-0.15, -0.1) is 0 Å². The Morgan fingerprint density at radius 1 is 1.29 bits per heavy atom. The van der Waals surface area contributed by atoms with Crippen molar-refractivity contribution in [2.24, 2.45) is 0 Å². The number of hydrogen-bond donors (Lipinski definition) is 2. The van der Waals surface area contributed by atoms with Crippen LogP contribution in [0.4, 0.5) is 5.82 Å². The number of hydrogen-bond acceptors (Lipinski definition) is 3. The third-order valence-corrected chi connectivity index (χ3v) is 3.15. The summed E-state index contributed by atoms with van der Waals surface area (Å²) in [5.41, 5.74) is 8.06. The van der Waals surface area contributed by atoms with Gasteiger partial charge in [0, 0.05) is 16.2 Å². The molecule has 0 aliphatic carbocycles. The molecule has 2 aromatic rings. The van der Waals surface area contributed by atoms with Crippen LogP contribution in [0.5, 0.6) is 0 Å². The van der Waals surface area contributed by atoms with Crippen LogP contribution in [0.15, 0.2) is 47.1 Å². The fourth-order valence-electron chi connectivity index (χ4n) is 1.86. The van der Waals surface area contributed by atoms with E-state index in [0.717, 1.165) is 15.6 Å². The Morgan fingerprint density at radius 3 is 2.76 bits per heavy atom. The summed E-state index contributed by atoms with van der Waals surface area (Å²) < 4.78 is 1.05. The third-order valence-electron chi connectivity index (χ3n) is 2.65. The number of pyridine rings is 1. The second-order valence-corrected chi connectivity index (χ2v) is 4.67. The maximum absolute atomic E-state index is 5.91. The SMILES string of the molecule is CNC(c1cccc(Br)c1)c1cccnc1N. The van der Waals surface area contributed by atoms with Gasteiger partial charge in [0.2, 0.25) is 0 Å². The van der Waals surface area contributed by atoms with Crippen LogP contribution in [0.2, 0.25) is 0 Å². The molecule has 0 aliphatic rings. The molecule has 1 aromatic carbocycles. The van der Waals surface area contributed by atoms with Gasteiger partial charge in [-0.3, -0.25) is 0 Å². The van der Waals surface area contributed by atoms with Crippen LogP contribution < -0.4 is 11.1 Å². The lowest BCUT2D eigenvalue weighted by atomic mass is 9.99. The van der Waals surface area contributed by atoms with Gasteiger partial charge in [-0.25, -0.2) is 4.98 Å². The Labute approximate surface area is 109 Å². The molecule has 0 fully saturated rings. The zero-order valence-corrected chi connectivity index (χ0v) is 11.1. The molecular weight excluding hydrogens is 278 g/mol. The summed E-state index contributed by atoms with van der Waals surface area (Å²) in [6, 6.07) is 12.1. The molecule has 0 spiro atoms. The molecule has 0 bridgehead atoms. The van der Waals surface area contributed by atoms with Crippen molar-refractivity contribution in [3.8, 4) is 0 Å². The van der Waals surface area contributed by atoms with E-state index in [9.17, 15) is 0 Å². The smallest absolute Gasteiger partial charge is 0.128 e. The van der Waals surface area contributed by atoms with Gasteiger partial charge in [-0.1, -0.05) is 34.1 Å². The molecule has 1 atom stereocenters. The van der Waals surface area contributed by atoms with Gasteiger partial charge < -0.3 is 11.1 Å². The van der Waals surface area contributed by atoms with E-state index in [1.54, 1.807) is 6.20 Å². The first-order chi connectivity index (χ1) is 8.22. The molecule has 0 saturated heterocycles. The molecule has 17 heavy (non-hydrogen) atoms. The predicted molar refractivity (Wildman–Crippen MR) is 73.7 cm³/mol. The van der Waals surface area contributed by atoms with Crippen LogP contribution in [0.1, 0.15) is 17.2 Å². The van der Waals surface area contributed by atoms with Crippen LogP contribution in [-0.4, -0.2) is 12.0 Å². The minimum atomic E-state index is 0.0567. The molecule has 1 aromatic heterocycles. The fraction of sp³-hybridized carbons (Fsp3) is 0.154. The Hall–Kier alpha value is -1.39. The van der Waals surface area contributed by atoms with Crippen LogP contribution in [-0.2, 0) is 0 Å². The van der Waals surface area contributed by atoms with Crippen molar-refractivity contribution in [1.29, 1.82) is 0 Å². The number of anilines is 1. The lowest BCUT2D eigenvalue weighted by Crippen LogP contribution is -2.19. The molecule has 0 aliphatic heterocycles. The molecule has 2 rings (SSSR count). The van der Waals surface area contributed by atoms with Crippen molar-refractivity contribution in [2.45, 2.75) is 6.04 Å². The molecular formula is C13H14BrN3. The number of halogens is 1. The quantitative estimate of drug-likeness (QED) is 0.914. The predicted octanol–water partition coefficient (Wildman–Crippen LogP) is 2.74. The van der Waals surface area contributed by atoms with Crippen LogP contribution >= 0.6 is 15.9 Å².